The summed E-state index contributed by atoms with van der Waals surface area (Å²) in [6.07, 6.45) is 2.75. The zero-order valence-corrected chi connectivity index (χ0v) is 7.27. The molecule has 3 heteroatoms. The largest absolute Gasteiger partial charge is 0.317 e. The van der Waals surface area contributed by atoms with Crippen LogP contribution in [0.4, 0.5) is 0 Å². The topological polar surface area (TPSA) is 50.1 Å². The van der Waals surface area contributed by atoms with Crippen LogP contribution in [0.25, 0.3) is 0 Å². The molecule has 0 aliphatic rings. The summed E-state index contributed by atoms with van der Waals surface area (Å²) in [4.78, 5) is 0. The van der Waals surface area contributed by atoms with Crippen molar-refractivity contribution in [1.82, 2.24) is 10.6 Å². The second kappa shape index (κ2) is 7.72. The van der Waals surface area contributed by atoms with Crippen LogP contribution in [-0.4, -0.2) is 25.8 Å². The third-order valence-corrected chi connectivity index (χ3v) is 1.41. The molecule has 0 aromatic rings. The maximum Gasteiger partial charge on any atom is 0.0736 e. The fourth-order valence-electron chi connectivity index (χ4n) is 0.742. The molecule has 0 saturated heterocycles. The van der Waals surface area contributed by atoms with E-state index in [0.717, 1.165) is 26.1 Å². The Morgan fingerprint density at radius 2 is 2.27 bits per heavy atom. The standard InChI is InChI=1S/C8H19N3/c1-3-8(9)11-7-5-6-10-4-2/h3,8,10-11H,1,4-7,9H2,2H3. The number of hydrogen-bond donors (Lipinski definition) is 3. The summed E-state index contributed by atoms with van der Waals surface area (Å²) >= 11 is 0. The van der Waals surface area contributed by atoms with Crippen LogP contribution >= 0.6 is 0 Å². The Bertz CT molecular complexity index is 93.3. The first-order valence-corrected chi connectivity index (χ1v) is 4.13. The average Bonchev–Trinajstić information content (AvgIpc) is 2.04. The van der Waals surface area contributed by atoms with Gasteiger partial charge in [0.25, 0.3) is 0 Å². The SMILES string of the molecule is C=CC(N)NCCCNCC. The molecule has 0 spiro atoms. The van der Waals surface area contributed by atoms with Gasteiger partial charge in [-0.1, -0.05) is 13.0 Å². The smallest absolute Gasteiger partial charge is 0.0736 e. The van der Waals surface area contributed by atoms with Crippen molar-refractivity contribution < 1.29 is 0 Å². The monoisotopic (exact) mass is 157 g/mol. The van der Waals surface area contributed by atoms with Crippen LogP contribution in [0.2, 0.25) is 0 Å². The third-order valence-electron chi connectivity index (χ3n) is 1.41. The highest BCUT2D eigenvalue weighted by Crippen LogP contribution is 1.76. The molecule has 66 valence electrons. The fraction of sp³-hybridized carbons (Fsp3) is 0.750. The molecule has 0 saturated carbocycles. The third kappa shape index (κ3) is 7.52. The van der Waals surface area contributed by atoms with Crippen LogP contribution in [0.15, 0.2) is 12.7 Å². The molecule has 1 atom stereocenters. The molecule has 0 aromatic heterocycles. The van der Waals surface area contributed by atoms with Gasteiger partial charge in [0.15, 0.2) is 0 Å². The van der Waals surface area contributed by atoms with Gasteiger partial charge >= 0.3 is 0 Å². The van der Waals surface area contributed by atoms with E-state index < -0.39 is 0 Å². The van der Waals surface area contributed by atoms with Gasteiger partial charge in [-0.3, -0.25) is 5.32 Å². The lowest BCUT2D eigenvalue weighted by Crippen LogP contribution is -2.36. The molecule has 0 aliphatic heterocycles. The van der Waals surface area contributed by atoms with E-state index in [1.807, 2.05) is 0 Å². The lowest BCUT2D eigenvalue weighted by Gasteiger charge is -2.08. The van der Waals surface area contributed by atoms with Crippen LogP contribution in [0.1, 0.15) is 13.3 Å². The number of nitrogens with two attached hydrogens (primary N) is 1. The molecule has 1 unspecified atom stereocenters. The van der Waals surface area contributed by atoms with Gasteiger partial charge in [0.1, 0.15) is 0 Å². The van der Waals surface area contributed by atoms with Gasteiger partial charge in [-0.2, -0.15) is 0 Å². The van der Waals surface area contributed by atoms with E-state index >= 15 is 0 Å². The maximum absolute atomic E-state index is 5.54. The summed E-state index contributed by atoms with van der Waals surface area (Å²) in [5.74, 6) is 0. The van der Waals surface area contributed by atoms with Gasteiger partial charge in [-0.25, -0.2) is 0 Å². The second-order valence-corrected chi connectivity index (χ2v) is 2.42. The number of nitrogens with one attached hydrogen (secondary N) is 2. The van der Waals surface area contributed by atoms with Crippen molar-refractivity contribution in [2.75, 3.05) is 19.6 Å². The predicted octanol–water partition coefficient (Wildman–Crippen LogP) is 0.0464. The fourth-order valence-corrected chi connectivity index (χ4v) is 0.742. The Labute approximate surface area is 69.0 Å². The highest BCUT2D eigenvalue weighted by atomic mass is 15.0. The molecule has 0 heterocycles. The Morgan fingerprint density at radius 3 is 2.82 bits per heavy atom. The lowest BCUT2D eigenvalue weighted by atomic mass is 10.4. The van der Waals surface area contributed by atoms with Crippen molar-refractivity contribution in [3.05, 3.63) is 12.7 Å². The maximum atomic E-state index is 5.54. The predicted molar refractivity (Wildman–Crippen MR) is 49.3 cm³/mol. The van der Waals surface area contributed by atoms with Crippen LogP contribution in [-0.2, 0) is 0 Å². The van der Waals surface area contributed by atoms with E-state index in [4.69, 9.17) is 5.73 Å². The molecule has 3 nitrogen and oxygen atoms in total. The minimum absolute atomic E-state index is 0.0587. The molecular formula is C8H19N3. The van der Waals surface area contributed by atoms with Crippen molar-refractivity contribution >= 4 is 0 Å². The van der Waals surface area contributed by atoms with Gasteiger partial charge in [0.05, 0.1) is 6.17 Å². The zero-order valence-electron chi connectivity index (χ0n) is 7.27. The Morgan fingerprint density at radius 1 is 1.55 bits per heavy atom. The van der Waals surface area contributed by atoms with Crippen LogP contribution in [0.5, 0.6) is 0 Å². The molecule has 0 bridgehead atoms. The Hall–Kier alpha value is -0.380. The molecule has 0 fully saturated rings. The van der Waals surface area contributed by atoms with Crippen LogP contribution in [0, 0.1) is 0 Å². The van der Waals surface area contributed by atoms with E-state index in [1.165, 1.54) is 0 Å². The van der Waals surface area contributed by atoms with Gasteiger partial charge < -0.3 is 11.1 Å². The average molecular weight is 157 g/mol. The first-order valence-electron chi connectivity index (χ1n) is 4.13. The summed E-state index contributed by atoms with van der Waals surface area (Å²) < 4.78 is 0. The molecule has 0 aromatic carbocycles. The van der Waals surface area contributed by atoms with Crippen molar-refractivity contribution in [3.63, 3.8) is 0 Å². The van der Waals surface area contributed by atoms with Crippen LogP contribution in [0.3, 0.4) is 0 Å². The highest BCUT2D eigenvalue weighted by molar-refractivity contribution is 4.79. The molecule has 4 N–H and O–H groups in total. The molecule has 0 rings (SSSR count). The zero-order chi connectivity index (χ0) is 8.53. The Balaban J connectivity index is 2.95. The summed E-state index contributed by atoms with van der Waals surface area (Å²) in [5, 5.41) is 6.34. The normalized spacial score (nSPS) is 12.9. The van der Waals surface area contributed by atoms with Crippen LogP contribution < -0.4 is 16.4 Å². The number of hydrogen-bond acceptors (Lipinski definition) is 3. The summed E-state index contributed by atoms with van der Waals surface area (Å²) in [7, 11) is 0. The molecular weight excluding hydrogens is 138 g/mol. The van der Waals surface area contributed by atoms with E-state index in [-0.39, 0.29) is 6.17 Å². The molecule has 0 amide bonds. The quantitative estimate of drug-likeness (QED) is 0.278. The van der Waals surface area contributed by atoms with E-state index in [1.54, 1.807) is 6.08 Å². The summed E-state index contributed by atoms with van der Waals surface area (Å²) in [6, 6.07) is 0. The van der Waals surface area contributed by atoms with Gasteiger partial charge in [0.2, 0.25) is 0 Å². The lowest BCUT2D eigenvalue weighted by molar-refractivity contribution is 0.568. The first kappa shape index (κ1) is 10.6. The van der Waals surface area contributed by atoms with E-state index in [9.17, 15) is 0 Å². The van der Waals surface area contributed by atoms with Crippen molar-refractivity contribution in [3.8, 4) is 0 Å². The minimum atomic E-state index is -0.0587. The second-order valence-electron chi connectivity index (χ2n) is 2.42. The highest BCUT2D eigenvalue weighted by Gasteiger charge is 1.92. The molecule has 0 radical (unpaired) electrons. The van der Waals surface area contributed by atoms with Gasteiger partial charge in [-0.15, -0.1) is 6.58 Å². The first-order chi connectivity index (χ1) is 5.31. The molecule has 11 heavy (non-hydrogen) atoms. The van der Waals surface area contributed by atoms with E-state index in [0.29, 0.717) is 0 Å². The molecule has 0 aliphatic carbocycles. The van der Waals surface area contributed by atoms with Gasteiger partial charge in [0, 0.05) is 0 Å². The summed E-state index contributed by atoms with van der Waals surface area (Å²) in [6.45, 7) is 8.70. The minimum Gasteiger partial charge on any atom is -0.317 e. The van der Waals surface area contributed by atoms with Crippen molar-refractivity contribution in [2.45, 2.75) is 19.5 Å². The number of rotatable bonds is 7. The van der Waals surface area contributed by atoms with Crippen molar-refractivity contribution in [2.24, 2.45) is 5.73 Å². The van der Waals surface area contributed by atoms with Gasteiger partial charge in [-0.05, 0) is 26.1 Å². The van der Waals surface area contributed by atoms with Crippen molar-refractivity contribution in [1.29, 1.82) is 0 Å². The Kier molecular flexibility index (Phi) is 7.46. The van der Waals surface area contributed by atoms with E-state index in [2.05, 4.69) is 24.1 Å². The summed E-state index contributed by atoms with van der Waals surface area (Å²) in [5.41, 5.74) is 5.54.